The van der Waals surface area contributed by atoms with E-state index >= 15 is 0 Å². The second-order valence-electron chi connectivity index (χ2n) is 2.92. The van der Waals surface area contributed by atoms with Gasteiger partial charge in [0.15, 0.2) is 0 Å². The molecule has 1 aromatic carbocycles. The Hall–Kier alpha value is -1.83. The lowest BCUT2D eigenvalue weighted by molar-refractivity contribution is -0.137. The van der Waals surface area contributed by atoms with Gasteiger partial charge in [0.25, 0.3) is 0 Å². The van der Waals surface area contributed by atoms with E-state index in [1.165, 1.54) is 6.07 Å². The molecule has 0 amide bonds. The quantitative estimate of drug-likeness (QED) is 0.317. The Bertz CT molecular complexity index is 522. The molecule has 0 spiro atoms. The van der Waals surface area contributed by atoms with Crippen molar-refractivity contribution in [3.63, 3.8) is 0 Å². The Morgan fingerprint density at radius 3 is 2.65 bits per heavy atom. The van der Waals surface area contributed by atoms with Gasteiger partial charge in [0.05, 0.1) is 12.1 Å². The monoisotopic (exact) mass is 259 g/mol. The second kappa shape index (κ2) is 5.48. The lowest BCUT2D eigenvalue weighted by Crippen LogP contribution is -2.05. The predicted octanol–water partition coefficient (Wildman–Crippen LogP) is 4.02. The van der Waals surface area contributed by atoms with E-state index in [9.17, 15) is 13.2 Å². The normalized spacial score (nSPS) is 10.1. The standard InChI is InChI=1S/C10H5ClF3N3/c11-9-5-7(2-1-3-16-17-15)4-8(6-9)10(12,13)14/h4-6H,3H2. The third-order valence-electron chi connectivity index (χ3n) is 1.67. The maximum atomic E-state index is 12.4. The van der Waals surface area contributed by atoms with Gasteiger partial charge in [-0.25, -0.2) is 0 Å². The lowest BCUT2D eigenvalue weighted by atomic mass is 10.1. The van der Waals surface area contributed by atoms with E-state index in [0.29, 0.717) is 0 Å². The van der Waals surface area contributed by atoms with Crippen molar-refractivity contribution in [2.45, 2.75) is 6.18 Å². The molecule has 7 heteroatoms. The Labute approximate surface area is 99.8 Å². The summed E-state index contributed by atoms with van der Waals surface area (Å²) in [5, 5.41) is 3.08. The van der Waals surface area contributed by atoms with Crippen molar-refractivity contribution >= 4 is 11.6 Å². The van der Waals surface area contributed by atoms with Gasteiger partial charge >= 0.3 is 6.18 Å². The molecule has 0 saturated heterocycles. The first-order valence-electron chi connectivity index (χ1n) is 4.31. The van der Waals surface area contributed by atoms with Crippen molar-refractivity contribution < 1.29 is 13.2 Å². The van der Waals surface area contributed by atoms with Crippen LogP contribution < -0.4 is 0 Å². The zero-order chi connectivity index (χ0) is 12.9. The molecular weight excluding hydrogens is 255 g/mol. The molecule has 0 bridgehead atoms. The number of alkyl halides is 3. The van der Waals surface area contributed by atoms with Crippen molar-refractivity contribution in [2.75, 3.05) is 6.54 Å². The molecule has 3 nitrogen and oxygen atoms in total. The zero-order valence-electron chi connectivity index (χ0n) is 8.29. The summed E-state index contributed by atoms with van der Waals surface area (Å²) in [6.45, 7) is -0.107. The van der Waals surface area contributed by atoms with Crippen LogP contribution in [0.15, 0.2) is 23.3 Å². The van der Waals surface area contributed by atoms with Crippen molar-refractivity contribution in [3.05, 3.63) is 44.8 Å². The van der Waals surface area contributed by atoms with E-state index in [-0.39, 0.29) is 17.1 Å². The SMILES string of the molecule is [N-]=[N+]=NCC#Cc1cc(Cl)cc(C(F)(F)F)c1. The predicted molar refractivity (Wildman–Crippen MR) is 57.3 cm³/mol. The van der Waals surface area contributed by atoms with Crippen molar-refractivity contribution in [1.82, 2.24) is 0 Å². The molecule has 0 saturated carbocycles. The highest BCUT2D eigenvalue weighted by atomic mass is 35.5. The zero-order valence-corrected chi connectivity index (χ0v) is 9.05. The molecule has 1 rings (SSSR count). The van der Waals surface area contributed by atoms with Gasteiger partial charge in [-0.1, -0.05) is 28.6 Å². The summed E-state index contributed by atoms with van der Waals surface area (Å²) in [6, 6.07) is 3.01. The van der Waals surface area contributed by atoms with Crippen molar-refractivity contribution in [1.29, 1.82) is 0 Å². The maximum Gasteiger partial charge on any atom is 0.416 e. The van der Waals surface area contributed by atoms with Crippen LogP contribution in [0.3, 0.4) is 0 Å². The first-order valence-corrected chi connectivity index (χ1v) is 4.69. The van der Waals surface area contributed by atoms with E-state index in [4.69, 9.17) is 17.1 Å². The number of rotatable bonds is 1. The second-order valence-corrected chi connectivity index (χ2v) is 3.35. The fraction of sp³-hybridized carbons (Fsp3) is 0.200. The highest BCUT2D eigenvalue weighted by Gasteiger charge is 2.30. The summed E-state index contributed by atoms with van der Waals surface area (Å²) in [5.74, 6) is 4.85. The maximum absolute atomic E-state index is 12.4. The van der Waals surface area contributed by atoms with E-state index in [1.54, 1.807) is 0 Å². The number of halogens is 4. The molecule has 0 aliphatic heterocycles. The third kappa shape index (κ3) is 4.27. The molecule has 0 radical (unpaired) electrons. The number of hydrogen-bond acceptors (Lipinski definition) is 1. The topological polar surface area (TPSA) is 48.8 Å². The van der Waals surface area contributed by atoms with Crippen LogP contribution in [0.1, 0.15) is 11.1 Å². The smallest absolute Gasteiger partial charge is 0.166 e. The minimum Gasteiger partial charge on any atom is -0.166 e. The Morgan fingerprint density at radius 2 is 2.06 bits per heavy atom. The lowest BCUT2D eigenvalue weighted by Gasteiger charge is -2.07. The Morgan fingerprint density at radius 1 is 1.35 bits per heavy atom. The fourth-order valence-electron chi connectivity index (χ4n) is 1.03. The van der Waals surface area contributed by atoms with E-state index in [0.717, 1.165) is 12.1 Å². The van der Waals surface area contributed by atoms with Gasteiger partial charge in [0.1, 0.15) is 0 Å². The summed E-state index contributed by atoms with van der Waals surface area (Å²) in [4.78, 5) is 2.46. The summed E-state index contributed by atoms with van der Waals surface area (Å²) in [7, 11) is 0. The highest BCUT2D eigenvalue weighted by Crippen LogP contribution is 2.31. The average molecular weight is 260 g/mol. The van der Waals surface area contributed by atoms with E-state index in [1.807, 2.05) is 0 Å². The molecule has 0 unspecified atom stereocenters. The number of hydrogen-bond donors (Lipinski definition) is 0. The Kier molecular flexibility index (Phi) is 4.27. The van der Waals surface area contributed by atoms with E-state index in [2.05, 4.69) is 21.9 Å². The van der Waals surface area contributed by atoms with Crippen LogP contribution in [0, 0.1) is 11.8 Å². The molecule has 0 fully saturated rings. The highest BCUT2D eigenvalue weighted by molar-refractivity contribution is 6.30. The van der Waals surface area contributed by atoms with Crippen molar-refractivity contribution in [2.24, 2.45) is 5.11 Å². The van der Waals surface area contributed by atoms with Crippen LogP contribution in [0.5, 0.6) is 0 Å². The molecule has 0 heterocycles. The molecule has 17 heavy (non-hydrogen) atoms. The largest absolute Gasteiger partial charge is 0.416 e. The number of azide groups is 1. The minimum absolute atomic E-state index is 0.0482. The molecule has 1 aromatic rings. The fourth-order valence-corrected chi connectivity index (χ4v) is 1.27. The summed E-state index contributed by atoms with van der Waals surface area (Å²) >= 11 is 5.55. The molecular formula is C10H5ClF3N3. The van der Waals surface area contributed by atoms with Crippen LogP contribution in [0.2, 0.25) is 5.02 Å². The van der Waals surface area contributed by atoms with Gasteiger partial charge in [0.2, 0.25) is 0 Å². The van der Waals surface area contributed by atoms with Crippen LogP contribution in [0.4, 0.5) is 13.2 Å². The van der Waals surface area contributed by atoms with Gasteiger partial charge in [-0.2, -0.15) is 13.2 Å². The molecule has 0 aromatic heterocycles. The van der Waals surface area contributed by atoms with Crippen molar-refractivity contribution in [3.8, 4) is 11.8 Å². The van der Waals surface area contributed by atoms with Gasteiger partial charge in [-0.15, -0.1) is 0 Å². The van der Waals surface area contributed by atoms with Gasteiger partial charge < -0.3 is 0 Å². The average Bonchev–Trinajstić information content (AvgIpc) is 2.22. The minimum atomic E-state index is -4.47. The van der Waals surface area contributed by atoms with Gasteiger partial charge in [-0.05, 0) is 23.7 Å². The first-order chi connectivity index (χ1) is 7.93. The van der Waals surface area contributed by atoms with E-state index < -0.39 is 11.7 Å². The van der Waals surface area contributed by atoms with Crippen LogP contribution in [0.25, 0.3) is 10.4 Å². The summed E-state index contributed by atoms with van der Waals surface area (Å²) in [5.41, 5.74) is 7.24. The van der Waals surface area contributed by atoms with Gasteiger partial charge in [-0.3, -0.25) is 0 Å². The molecule has 0 atom stereocenters. The number of nitrogens with zero attached hydrogens (tertiary/aromatic N) is 3. The summed E-state index contributed by atoms with van der Waals surface area (Å²) in [6.07, 6.45) is -4.47. The van der Waals surface area contributed by atoms with Gasteiger partial charge in [0, 0.05) is 15.5 Å². The van der Waals surface area contributed by atoms with Crippen LogP contribution in [-0.4, -0.2) is 6.54 Å². The van der Waals surface area contributed by atoms with Crippen LogP contribution >= 0.6 is 11.6 Å². The Balaban J connectivity index is 3.04. The molecule has 0 aliphatic rings. The molecule has 88 valence electrons. The molecule has 0 aliphatic carbocycles. The number of benzene rings is 1. The molecule has 0 N–H and O–H groups in total. The third-order valence-corrected chi connectivity index (χ3v) is 1.89. The summed E-state index contributed by atoms with van der Waals surface area (Å²) < 4.78 is 37.3. The van der Waals surface area contributed by atoms with Crippen LogP contribution in [-0.2, 0) is 6.18 Å². The first kappa shape index (κ1) is 13.2.